The summed E-state index contributed by atoms with van der Waals surface area (Å²) < 4.78 is 0. The number of nitrogens with zero attached hydrogens (tertiary/aromatic N) is 2. The molecule has 0 aromatic carbocycles. The van der Waals surface area contributed by atoms with Gasteiger partial charge in [-0.1, -0.05) is 0 Å². The molecule has 0 atom stereocenters. The lowest BCUT2D eigenvalue weighted by molar-refractivity contribution is 0.857. The van der Waals surface area contributed by atoms with Gasteiger partial charge in [0.1, 0.15) is 5.82 Å². The van der Waals surface area contributed by atoms with Gasteiger partial charge in [0.15, 0.2) is 0 Å². The molecular formula is C10H20N6. The van der Waals surface area contributed by atoms with Crippen molar-refractivity contribution >= 4 is 11.8 Å². The number of hydrogen-bond acceptors (Lipinski definition) is 6. The summed E-state index contributed by atoms with van der Waals surface area (Å²) in [6.07, 6.45) is 3.57. The van der Waals surface area contributed by atoms with E-state index in [1.807, 2.05) is 6.07 Å². The van der Waals surface area contributed by atoms with E-state index in [1.54, 1.807) is 6.20 Å². The molecule has 0 unspecified atom stereocenters. The summed E-state index contributed by atoms with van der Waals surface area (Å²) >= 11 is 0. The maximum absolute atomic E-state index is 5.41. The summed E-state index contributed by atoms with van der Waals surface area (Å²) in [5.41, 5.74) is 10.8. The van der Waals surface area contributed by atoms with Gasteiger partial charge < -0.3 is 22.1 Å². The highest BCUT2D eigenvalue weighted by Gasteiger charge is 1.97. The first-order valence-corrected chi connectivity index (χ1v) is 5.57. The first-order valence-electron chi connectivity index (χ1n) is 5.57. The largest absolute Gasteiger partial charge is 0.370 e. The minimum Gasteiger partial charge on any atom is -0.370 e. The highest BCUT2D eigenvalue weighted by Crippen LogP contribution is 2.05. The quantitative estimate of drug-likeness (QED) is 0.464. The third-order valence-electron chi connectivity index (χ3n) is 2.01. The molecule has 0 spiro atoms. The SMILES string of the molecule is NCCCNc1ccnc(NCCCN)n1. The van der Waals surface area contributed by atoms with Gasteiger partial charge in [0.05, 0.1) is 0 Å². The summed E-state index contributed by atoms with van der Waals surface area (Å²) in [6, 6.07) is 1.84. The van der Waals surface area contributed by atoms with E-state index in [0.29, 0.717) is 19.0 Å². The molecule has 0 aliphatic heterocycles. The maximum atomic E-state index is 5.41. The number of anilines is 2. The molecule has 6 nitrogen and oxygen atoms in total. The van der Waals surface area contributed by atoms with Gasteiger partial charge in [-0.2, -0.15) is 4.98 Å². The van der Waals surface area contributed by atoms with E-state index in [4.69, 9.17) is 11.5 Å². The third-order valence-corrected chi connectivity index (χ3v) is 2.01. The maximum Gasteiger partial charge on any atom is 0.224 e. The van der Waals surface area contributed by atoms with Crippen LogP contribution in [0.3, 0.4) is 0 Å². The molecule has 1 rings (SSSR count). The van der Waals surface area contributed by atoms with Gasteiger partial charge in [0, 0.05) is 19.3 Å². The van der Waals surface area contributed by atoms with E-state index >= 15 is 0 Å². The Morgan fingerprint density at radius 3 is 2.44 bits per heavy atom. The Morgan fingerprint density at radius 2 is 1.75 bits per heavy atom. The van der Waals surface area contributed by atoms with Crippen LogP contribution in [-0.4, -0.2) is 36.1 Å². The zero-order chi connectivity index (χ0) is 11.6. The van der Waals surface area contributed by atoms with Crippen LogP contribution in [0.5, 0.6) is 0 Å². The predicted molar refractivity (Wildman–Crippen MR) is 66.4 cm³/mol. The fourth-order valence-electron chi connectivity index (χ4n) is 1.16. The van der Waals surface area contributed by atoms with Crippen molar-refractivity contribution < 1.29 is 0 Å². The number of hydrogen-bond donors (Lipinski definition) is 4. The van der Waals surface area contributed by atoms with Gasteiger partial charge >= 0.3 is 0 Å². The molecular weight excluding hydrogens is 204 g/mol. The molecule has 6 N–H and O–H groups in total. The lowest BCUT2D eigenvalue weighted by Gasteiger charge is -2.07. The van der Waals surface area contributed by atoms with Gasteiger partial charge in [-0.3, -0.25) is 0 Å². The minimum atomic E-state index is 0.631. The predicted octanol–water partition coefficient (Wildman–Crippen LogP) is -0.00200. The number of nitrogens with two attached hydrogens (primary N) is 2. The first kappa shape index (κ1) is 12.7. The molecule has 0 aliphatic carbocycles. The standard InChI is InChI=1S/C10H20N6/c11-4-1-6-13-9-3-8-15-10(16-9)14-7-2-5-12/h3,8H,1-2,4-7,11-12H2,(H2,13,14,15,16). The molecule has 0 bridgehead atoms. The molecule has 16 heavy (non-hydrogen) atoms. The van der Waals surface area contributed by atoms with E-state index in [1.165, 1.54) is 0 Å². The zero-order valence-electron chi connectivity index (χ0n) is 9.45. The fraction of sp³-hybridized carbons (Fsp3) is 0.600. The summed E-state index contributed by atoms with van der Waals surface area (Å²) in [5.74, 6) is 1.45. The Morgan fingerprint density at radius 1 is 1.06 bits per heavy atom. The van der Waals surface area contributed by atoms with Crippen LogP contribution in [0.15, 0.2) is 12.3 Å². The molecule has 0 radical (unpaired) electrons. The zero-order valence-corrected chi connectivity index (χ0v) is 9.45. The van der Waals surface area contributed by atoms with Gasteiger partial charge in [-0.15, -0.1) is 0 Å². The Kier molecular flexibility index (Phi) is 6.20. The van der Waals surface area contributed by atoms with Crippen LogP contribution in [0, 0.1) is 0 Å². The van der Waals surface area contributed by atoms with Crippen molar-refractivity contribution in [3.8, 4) is 0 Å². The summed E-state index contributed by atoms with van der Waals surface area (Å²) in [5, 5.41) is 6.29. The Bertz CT molecular complexity index is 265. The smallest absolute Gasteiger partial charge is 0.224 e. The highest BCUT2D eigenvalue weighted by molar-refractivity contribution is 5.39. The van der Waals surface area contributed by atoms with E-state index in [9.17, 15) is 0 Å². The van der Waals surface area contributed by atoms with Crippen molar-refractivity contribution in [3.05, 3.63) is 12.3 Å². The Labute approximate surface area is 95.8 Å². The van der Waals surface area contributed by atoms with E-state index in [0.717, 1.165) is 31.7 Å². The van der Waals surface area contributed by atoms with E-state index in [-0.39, 0.29) is 0 Å². The van der Waals surface area contributed by atoms with Crippen LogP contribution < -0.4 is 22.1 Å². The van der Waals surface area contributed by atoms with Crippen LogP contribution in [0.2, 0.25) is 0 Å². The second-order valence-electron chi connectivity index (χ2n) is 3.40. The number of aromatic nitrogens is 2. The van der Waals surface area contributed by atoms with E-state index in [2.05, 4.69) is 20.6 Å². The molecule has 0 saturated carbocycles. The van der Waals surface area contributed by atoms with Crippen molar-refractivity contribution in [3.63, 3.8) is 0 Å². The van der Waals surface area contributed by atoms with Crippen molar-refractivity contribution in [2.45, 2.75) is 12.8 Å². The Balaban J connectivity index is 2.37. The average molecular weight is 224 g/mol. The summed E-state index contributed by atoms with van der Waals surface area (Å²) in [7, 11) is 0. The van der Waals surface area contributed by atoms with Crippen molar-refractivity contribution in [1.29, 1.82) is 0 Å². The normalized spacial score (nSPS) is 10.1. The molecule has 90 valence electrons. The van der Waals surface area contributed by atoms with Crippen molar-refractivity contribution in [2.75, 3.05) is 36.8 Å². The monoisotopic (exact) mass is 224 g/mol. The summed E-state index contributed by atoms with van der Waals surface area (Å²) in [4.78, 5) is 8.41. The average Bonchev–Trinajstić information content (AvgIpc) is 2.30. The molecule has 1 heterocycles. The molecule has 1 aromatic heterocycles. The second kappa shape index (κ2) is 7.84. The highest BCUT2D eigenvalue weighted by atomic mass is 15.1. The molecule has 6 heteroatoms. The first-order chi connectivity index (χ1) is 7.86. The molecule has 0 saturated heterocycles. The van der Waals surface area contributed by atoms with Gasteiger partial charge in [0.25, 0.3) is 0 Å². The van der Waals surface area contributed by atoms with E-state index < -0.39 is 0 Å². The van der Waals surface area contributed by atoms with Crippen LogP contribution >= 0.6 is 0 Å². The number of nitrogens with one attached hydrogen (secondary N) is 2. The summed E-state index contributed by atoms with van der Waals surface area (Å²) in [6.45, 7) is 2.97. The third kappa shape index (κ3) is 4.90. The van der Waals surface area contributed by atoms with Gasteiger partial charge in [-0.05, 0) is 32.0 Å². The van der Waals surface area contributed by atoms with Crippen LogP contribution in [-0.2, 0) is 0 Å². The fourth-order valence-corrected chi connectivity index (χ4v) is 1.16. The van der Waals surface area contributed by atoms with Crippen LogP contribution in [0.1, 0.15) is 12.8 Å². The van der Waals surface area contributed by atoms with Gasteiger partial charge in [-0.25, -0.2) is 4.98 Å². The molecule has 1 aromatic rings. The van der Waals surface area contributed by atoms with Crippen LogP contribution in [0.4, 0.5) is 11.8 Å². The van der Waals surface area contributed by atoms with Crippen molar-refractivity contribution in [1.82, 2.24) is 9.97 Å². The van der Waals surface area contributed by atoms with Crippen molar-refractivity contribution in [2.24, 2.45) is 11.5 Å². The molecule has 0 amide bonds. The minimum absolute atomic E-state index is 0.631. The topological polar surface area (TPSA) is 102 Å². The lowest BCUT2D eigenvalue weighted by Crippen LogP contribution is -2.12. The molecule has 0 aliphatic rings. The van der Waals surface area contributed by atoms with Crippen LogP contribution in [0.25, 0.3) is 0 Å². The Hall–Kier alpha value is -1.40. The van der Waals surface area contributed by atoms with Gasteiger partial charge in [0.2, 0.25) is 5.95 Å². The number of rotatable bonds is 8. The lowest BCUT2D eigenvalue weighted by atomic mass is 10.4. The molecule has 0 fully saturated rings. The second-order valence-corrected chi connectivity index (χ2v) is 3.40.